The predicted molar refractivity (Wildman–Crippen MR) is 144 cm³/mol. The van der Waals surface area contributed by atoms with Gasteiger partial charge in [0.05, 0.1) is 28.9 Å². The quantitative estimate of drug-likeness (QED) is 0.276. The van der Waals surface area contributed by atoms with Gasteiger partial charge in [-0.2, -0.15) is 10.4 Å². The highest BCUT2D eigenvalue weighted by Gasteiger charge is 2.14. The summed E-state index contributed by atoms with van der Waals surface area (Å²) in [5, 5.41) is 13.4. The number of carbonyl (C=O) groups excluding carboxylic acids is 1. The fourth-order valence-electron chi connectivity index (χ4n) is 4.00. The topological polar surface area (TPSA) is 86.9 Å². The maximum Gasteiger partial charge on any atom is 0.271 e. The van der Waals surface area contributed by atoms with E-state index in [4.69, 9.17) is 9.47 Å². The predicted octanol–water partition coefficient (Wildman–Crippen LogP) is 5.66. The van der Waals surface area contributed by atoms with Crippen LogP contribution in [-0.4, -0.2) is 31.8 Å². The molecular weight excluding hydrogens is 520 g/mol. The van der Waals surface area contributed by atoms with E-state index < -0.39 is 0 Å². The molecule has 1 saturated heterocycles. The van der Waals surface area contributed by atoms with Gasteiger partial charge in [-0.05, 0) is 83.7 Å². The maximum atomic E-state index is 12.5. The third kappa shape index (κ3) is 6.23. The van der Waals surface area contributed by atoms with Gasteiger partial charge in [-0.3, -0.25) is 4.79 Å². The average molecular weight is 547 g/mol. The molecule has 0 saturated carbocycles. The van der Waals surface area contributed by atoms with Crippen molar-refractivity contribution in [3.63, 3.8) is 0 Å². The highest BCUT2D eigenvalue weighted by molar-refractivity contribution is 9.10. The lowest BCUT2D eigenvalue weighted by Gasteiger charge is -2.17. The first kappa shape index (κ1) is 25.3. The molecule has 184 valence electrons. The monoisotopic (exact) mass is 546 g/mol. The fraction of sp³-hybridized carbons (Fsp3) is 0.250. The zero-order valence-electron chi connectivity index (χ0n) is 20.0. The largest absolute Gasteiger partial charge is 0.490 e. The number of amides is 1. The Morgan fingerprint density at radius 2 is 1.89 bits per heavy atom. The zero-order valence-corrected chi connectivity index (χ0v) is 21.6. The summed E-state index contributed by atoms with van der Waals surface area (Å²) >= 11 is 3.55. The summed E-state index contributed by atoms with van der Waals surface area (Å²) in [7, 11) is 0. The molecule has 1 N–H and O–H groups in total. The molecule has 0 bridgehead atoms. The van der Waals surface area contributed by atoms with Gasteiger partial charge in [0.15, 0.2) is 11.5 Å². The van der Waals surface area contributed by atoms with Crippen LogP contribution in [-0.2, 0) is 6.61 Å². The standard InChI is InChI=1S/C28H27BrN4O3/c1-2-35-26-16-20(15-25(29)27(26)36-19-23-8-4-3-7-22(23)17-30)18-31-32-28(34)21-9-11-24(12-10-21)33-13-5-6-14-33/h3-4,7-12,15-16,18H,2,5-6,13-14,19H2,1H3,(H,32,34)/b31-18-. The van der Waals surface area contributed by atoms with Gasteiger partial charge < -0.3 is 14.4 Å². The Labute approximate surface area is 219 Å². The highest BCUT2D eigenvalue weighted by Crippen LogP contribution is 2.37. The molecule has 0 spiro atoms. The minimum Gasteiger partial charge on any atom is -0.490 e. The van der Waals surface area contributed by atoms with E-state index in [9.17, 15) is 10.1 Å². The number of anilines is 1. The molecule has 0 radical (unpaired) electrons. The number of benzene rings is 3. The molecule has 1 aliphatic heterocycles. The molecule has 1 amide bonds. The molecule has 1 aliphatic rings. The number of ether oxygens (including phenoxy) is 2. The van der Waals surface area contributed by atoms with Crippen molar-refractivity contribution in [3.8, 4) is 17.6 Å². The molecule has 0 aliphatic carbocycles. The van der Waals surface area contributed by atoms with Gasteiger partial charge in [0.2, 0.25) is 0 Å². The number of hydrogen-bond donors (Lipinski definition) is 1. The fourth-order valence-corrected chi connectivity index (χ4v) is 4.57. The van der Waals surface area contributed by atoms with E-state index in [0.717, 1.165) is 29.9 Å². The lowest BCUT2D eigenvalue weighted by molar-refractivity contribution is 0.0955. The lowest BCUT2D eigenvalue weighted by atomic mass is 10.1. The van der Waals surface area contributed by atoms with E-state index in [0.29, 0.717) is 33.7 Å². The number of nitrogens with zero attached hydrogens (tertiary/aromatic N) is 3. The summed E-state index contributed by atoms with van der Waals surface area (Å²) in [5.74, 6) is 0.787. The van der Waals surface area contributed by atoms with E-state index in [1.165, 1.54) is 12.8 Å². The van der Waals surface area contributed by atoms with Gasteiger partial charge in [0, 0.05) is 29.9 Å². The number of halogens is 1. The van der Waals surface area contributed by atoms with Gasteiger partial charge in [-0.15, -0.1) is 0 Å². The van der Waals surface area contributed by atoms with Gasteiger partial charge in [-0.1, -0.05) is 18.2 Å². The summed E-state index contributed by atoms with van der Waals surface area (Å²) in [6.45, 7) is 4.68. The van der Waals surface area contributed by atoms with Crippen molar-refractivity contribution >= 4 is 33.7 Å². The molecule has 4 rings (SSSR count). The van der Waals surface area contributed by atoms with E-state index in [1.807, 2.05) is 55.5 Å². The van der Waals surface area contributed by atoms with Crippen molar-refractivity contribution in [3.05, 3.63) is 87.4 Å². The molecule has 3 aromatic carbocycles. The third-order valence-electron chi connectivity index (χ3n) is 5.82. The number of nitriles is 1. The number of carbonyl (C=O) groups is 1. The van der Waals surface area contributed by atoms with E-state index in [2.05, 4.69) is 37.4 Å². The number of nitrogens with one attached hydrogen (secondary N) is 1. The minimum absolute atomic E-state index is 0.225. The van der Waals surface area contributed by atoms with Crippen LogP contribution < -0.4 is 19.8 Å². The van der Waals surface area contributed by atoms with Gasteiger partial charge in [-0.25, -0.2) is 5.43 Å². The summed E-state index contributed by atoms with van der Waals surface area (Å²) in [5.41, 5.74) is 6.34. The first-order valence-electron chi connectivity index (χ1n) is 11.8. The summed E-state index contributed by atoms with van der Waals surface area (Å²) in [4.78, 5) is 14.8. The Kier molecular flexibility index (Phi) is 8.58. The molecule has 0 unspecified atom stereocenters. The molecule has 0 atom stereocenters. The van der Waals surface area contributed by atoms with Gasteiger partial charge >= 0.3 is 0 Å². The van der Waals surface area contributed by atoms with Gasteiger partial charge in [0.25, 0.3) is 5.91 Å². The number of hydrogen-bond acceptors (Lipinski definition) is 6. The van der Waals surface area contributed by atoms with Crippen LogP contribution >= 0.6 is 15.9 Å². The first-order valence-corrected chi connectivity index (χ1v) is 12.6. The van der Waals surface area contributed by atoms with Crippen molar-refractivity contribution < 1.29 is 14.3 Å². The Morgan fingerprint density at radius 3 is 2.61 bits per heavy atom. The second kappa shape index (κ2) is 12.2. The summed E-state index contributed by atoms with van der Waals surface area (Å²) in [6.07, 6.45) is 3.97. The third-order valence-corrected chi connectivity index (χ3v) is 6.41. The SMILES string of the molecule is CCOc1cc(/C=N\NC(=O)c2ccc(N3CCCC3)cc2)cc(Br)c1OCc1ccccc1C#N. The Bertz CT molecular complexity index is 1280. The van der Waals surface area contributed by atoms with Crippen LogP contribution in [0.25, 0.3) is 0 Å². The summed E-state index contributed by atoms with van der Waals surface area (Å²) in [6, 6.07) is 20.7. The van der Waals surface area contributed by atoms with Crippen LogP contribution in [0.1, 0.15) is 46.8 Å². The van der Waals surface area contributed by atoms with Crippen molar-refractivity contribution in [1.29, 1.82) is 5.26 Å². The van der Waals surface area contributed by atoms with Crippen LogP contribution in [0, 0.1) is 11.3 Å². The van der Waals surface area contributed by atoms with Crippen molar-refractivity contribution in [2.24, 2.45) is 5.10 Å². The molecule has 1 fully saturated rings. The zero-order chi connectivity index (χ0) is 25.3. The first-order chi connectivity index (χ1) is 17.6. The molecule has 7 nitrogen and oxygen atoms in total. The Hall–Kier alpha value is -3.83. The van der Waals surface area contributed by atoms with E-state index in [-0.39, 0.29) is 12.5 Å². The number of rotatable bonds is 9. The number of hydrazone groups is 1. The molecule has 1 heterocycles. The molecule has 8 heteroatoms. The van der Waals surface area contributed by atoms with E-state index >= 15 is 0 Å². The van der Waals surface area contributed by atoms with Crippen molar-refractivity contribution in [1.82, 2.24) is 5.43 Å². The van der Waals surface area contributed by atoms with Crippen LogP contribution in [0.5, 0.6) is 11.5 Å². The van der Waals surface area contributed by atoms with Gasteiger partial charge in [0.1, 0.15) is 6.61 Å². The van der Waals surface area contributed by atoms with Crippen LogP contribution in [0.4, 0.5) is 5.69 Å². The lowest BCUT2D eigenvalue weighted by Crippen LogP contribution is -2.19. The molecule has 3 aromatic rings. The minimum atomic E-state index is -0.278. The van der Waals surface area contributed by atoms with Crippen molar-refractivity contribution in [2.75, 3.05) is 24.6 Å². The average Bonchev–Trinajstić information content (AvgIpc) is 3.44. The molecule has 0 aromatic heterocycles. The van der Waals surface area contributed by atoms with Crippen molar-refractivity contribution in [2.45, 2.75) is 26.4 Å². The van der Waals surface area contributed by atoms with Crippen LogP contribution in [0.3, 0.4) is 0 Å². The molecular formula is C28H27BrN4O3. The Balaban J connectivity index is 1.42. The normalized spacial score (nSPS) is 13.0. The second-order valence-electron chi connectivity index (χ2n) is 8.26. The van der Waals surface area contributed by atoms with Crippen LogP contribution in [0.15, 0.2) is 70.2 Å². The van der Waals surface area contributed by atoms with Crippen LogP contribution in [0.2, 0.25) is 0 Å². The maximum absolute atomic E-state index is 12.5. The highest BCUT2D eigenvalue weighted by atomic mass is 79.9. The second-order valence-corrected chi connectivity index (χ2v) is 9.12. The summed E-state index contributed by atoms with van der Waals surface area (Å²) < 4.78 is 12.5. The Morgan fingerprint density at radius 1 is 1.14 bits per heavy atom. The van der Waals surface area contributed by atoms with E-state index in [1.54, 1.807) is 18.3 Å². The smallest absolute Gasteiger partial charge is 0.271 e. The molecule has 36 heavy (non-hydrogen) atoms.